The van der Waals surface area contributed by atoms with Crippen LogP contribution >= 0.6 is 11.3 Å². The molecule has 1 saturated heterocycles. The molecular formula is C33H32N2O5S. The molecule has 0 spiro atoms. The Hall–Kier alpha value is -4.14. The van der Waals surface area contributed by atoms with Crippen LogP contribution in [0.5, 0.6) is 11.5 Å². The van der Waals surface area contributed by atoms with E-state index in [9.17, 15) is 9.59 Å². The van der Waals surface area contributed by atoms with Crippen molar-refractivity contribution in [3.63, 3.8) is 0 Å². The molecule has 2 aliphatic heterocycles. The topological polar surface area (TPSA) is 68.3 Å². The van der Waals surface area contributed by atoms with Crippen LogP contribution in [0.15, 0.2) is 90.3 Å². The number of ether oxygens (including phenoxy) is 3. The summed E-state index contributed by atoms with van der Waals surface area (Å²) in [5, 5.41) is 2.00. The maximum atomic E-state index is 13.9. The summed E-state index contributed by atoms with van der Waals surface area (Å²) in [5.74, 6) is 1.09. The first-order valence-electron chi connectivity index (χ1n) is 13.9. The lowest BCUT2D eigenvalue weighted by Gasteiger charge is -2.29. The van der Waals surface area contributed by atoms with Crippen molar-refractivity contribution >= 4 is 23.2 Å². The monoisotopic (exact) mass is 568 g/mol. The number of benzene rings is 3. The minimum absolute atomic E-state index is 0.0327. The molecule has 0 saturated carbocycles. The average Bonchev–Trinajstić information content (AvgIpc) is 3.80. The number of rotatable bonds is 10. The summed E-state index contributed by atoms with van der Waals surface area (Å²) in [6, 6.07) is 27.4. The van der Waals surface area contributed by atoms with Crippen LogP contribution in [0.3, 0.4) is 0 Å². The normalized spacial score (nSPS) is 15.6. The van der Waals surface area contributed by atoms with Gasteiger partial charge in [0, 0.05) is 30.1 Å². The Kier molecular flexibility index (Phi) is 8.30. The molecule has 0 N–H and O–H groups in total. The number of carbonyl (C=O) groups is 2. The molecule has 3 aromatic carbocycles. The Balaban J connectivity index is 1.22. The Morgan fingerprint density at radius 3 is 2.39 bits per heavy atom. The highest BCUT2D eigenvalue weighted by molar-refractivity contribution is 7.09. The molecule has 210 valence electrons. The van der Waals surface area contributed by atoms with Crippen molar-refractivity contribution in [2.75, 3.05) is 26.5 Å². The summed E-state index contributed by atoms with van der Waals surface area (Å²) in [7, 11) is 0. The largest absolute Gasteiger partial charge is 0.454 e. The first kappa shape index (κ1) is 27.1. The second-order valence-corrected chi connectivity index (χ2v) is 11.3. The zero-order chi connectivity index (χ0) is 28.0. The number of fused-ring (bicyclic) bond motifs is 1. The highest BCUT2D eigenvalue weighted by Crippen LogP contribution is 2.33. The highest BCUT2D eigenvalue weighted by atomic mass is 32.1. The summed E-state index contributed by atoms with van der Waals surface area (Å²) in [4.78, 5) is 32.2. The number of nitrogens with zero attached hydrogens (tertiary/aromatic N) is 2. The third kappa shape index (κ3) is 6.61. The minimum Gasteiger partial charge on any atom is -0.454 e. The van der Waals surface area contributed by atoms with Crippen LogP contribution in [-0.4, -0.2) is 54.2 Å². The standard InChI is InChI=1S/C33H32N2O5S/c36-32(34(21-29-9-5-17-41-29)19-24-10-15-30-31(18-24)40-23-39-30)22-35(20-28-8-4-16-38-28)33(37)27-13-11-26(12-14-27)25-6-2-1-3-7-25/h1-3,5-7,9-15,17-18,28H,4,8,16,19-23H2. The van der Waals surface area contributed by atoms with E-state index in [4.69, 9.17) is 14.2 Å². The van der Waals surface area contributed by atoms with Crippen molar-refractivity contribution in [3.05, 3.63) is 106 Å². The zero-order valence-corrected chi connectivity index (χ0v) is 23.6. The molecule has 8 heteroatoms. The fourth-order valence-electron chi connectivity index (χ4n) is 5.22. The number of amides is 2. The summed E-state index contributed by atoms with van der Waals surface area (Å²) < 4.78 is 16.9. The van der Waals surface area contributed by atoms with Gasteiger partial charge in [0.15, 0.2) is 11.5 Å². The second kappa shape index (κ2) is 12.6. The van der Waals surface area contributed by atoms with Gasteiger partial charge in [0.2, 0.25) is 12.7 Å². The van der Waals surface area contributed by atoms with Crippen LogP contribution in [0.4, 0.5) is 0 Å². The SMILES string of the molecule is O=C(CN(CC1CCCO1)C(=O)c1ccc(-c2ccccc2)cc1)N(Cc1ccc2c(c1)OCO2)Cc1cccs1. The van der Waals surface area contributed by atoms with Gasteiger partial charge in [-0.05, 0) is 65.2 Å². The summed E-state index contributed by atoms with van der Waals surface area (Å²) >= 11 is 1.61. The molecule has 1 aromatic heterocycles. The first-order chi connectivity index (χ1) is 20.1. The Morgan fingerprint density at radius 2 is 1.63 bits per heavy atom. The van der Waals surface area contributed by atoms with Crippen molar-refractivity contribution in [2.45, 2.75) is 32.0 Å². The highest BCUT2D eigenvalue weighted by Gasteiger charge is 2.28. The molecule has 0 bridgehead atoms. The molecule has 4 aromatic rings. The summed E-state index contributed by atoms with van der Waals surface area (Å²) in [6.07, 6.45) is 1.76. The number of hydrogen-bond donors (Lipinski definition) is 0. The Bertz CT molecular complexity index is 1470. The van der Waals surface area contributed by atoms with Gasteiger partial charge in [-0.3, -0.25) is 9.59 Å². The maximum absolute atomic E-state index is 13.9. The molecule has 1 atom stereocenters. The minimum atomic E-state index is -0.174. The van der Waals surface area contributed by atoms with Crippen molar-refractivity contribution in [3.8, 4) is 22.6 Å². The smallest absolute Gasteiger partial charge is 0.254 e. The molecule has 2 aliphatic rings. The molecule has 2 amide bonds. The Labute approximate surface area is 243 Å². The third-order valence-electron chi connectivity index (χ3n) is 7.39. The van der Waals surface area contributed by atoms with E-state index >= 15 is 0 Å². The fourth-order valence-corrected chi connectivity index (χ4v) is 5.94. The zero-order valence-electron chi connectivity index (χ0n) is 22.7. The van der Waals surface area contributed by atoms with Gasteiger partial charge in [0.1, 0.15) is 6.54 Å². The van der Waals surface area contributed by atoms with E-state index in [0.717, 1.165) is 34.4 Å². The van der Waals surface area contributed by atoms with Gasteiger partial charge in [-0.1, -0.05) is 54.6 Å². The van der Waals surface area contributed by atoms with Crippen LogP contribution in [-0.2, 0) is 22.6 Å². The first-order valence-corrected chi connectivity index (χ1v) is 14.8. The maximum Gasteiger partial charge on any atom is 0.254 e. The second-order valence-electron chi connectivity index (χ2n) is 10.3. The van der Waals surface area contributed by atoms with Crippen molar-refractivity contribution in [1.29, 1.82) is 0 Å². The molecule has 3 heterocycles. The predicted octanol–water partition coefficient (Wildman–Crippen LogP) is 5.99. The average molecular weight is 569 g/mol. The third-order valence-corrected chi connectivity index (χ3v) is 8.25. The molecule has 6 rings (SSSR count). The van der Waals surface area contributed by atoms with E-state index in [1.165, 1.54) is 0 Å². The van der Waals surface area contributed by atoms with E-state index in [-0.39, 0.29) is 31.3 Å². The van der Waals surface area contributed by atoms with Crippen LogP contribution in [0.25, 0.3) is 11.1 Å². The van der Waals surface area contributed by atoms with E-state index in [0.29, 0.717) is 43.3 Å². The van der Waals surface area contributed by atoms with E-state index in [2.05, 4.69) is 0 Å². The van der Waals surface area contributed by atoms with Crippen LogP contribution in [0, 0.1) is 0 Å². The Morgan fingerprint density at radius 1 is 0.829 bits per heavy atom. The van der Waals surface area contributed by atoms with Gasteiger partial charge < -0.3 is 24.0 Å². The van der Waals surface area contributed by atoms with Gasteiger partial charge in [0.25, 0.3) is 5.91 Å². The summed E-state index contributed by atoms with van der Waals surface area (Å²) in [6.45, 7) is 2.07. The quantitative estimate of drug-likeness (QED) is 0.235. The number of thiophene rings is 1. The molecule has 7 nitrogen and oxygen atoms in total. The van der Waals surface area contributed by atoms with Gasteiger partial charge >= 0.3 is 0 Å². The van der Waals surface area contributed by atoms with Crippen LogP contribution in [0.2, 0.25) is 0 Å². The molecule has 0 aliphatic carbocycles. The summed E-state index contributed by atoms with van der Waals surface area (Å²) in [5.41, 5.74) is 3.61. The molecule has 1 unspecified atom stereocenters. The van der Waals surface area contributed by atoms with Crippen molar-refractivity contribution in [1.82, 2.24) is 9.80 Å². The predicted molar refractivity (Wildman–Crippen MR) is 158 cm³/mol. The number of carbonyl (C=O) groups excluding carboxylic acids is 2. The fraction of sp³-hybridized carbons (Fsp3) is 0.273. The lowest BCUT2D eigenvalue weighted by molar-refractivity contribution is -0.133. The van der Waals surface area contributed by atoms with E-state index in [1.807, 2.05) is 90.3 Å². The molecule has 0 radical (unpaired) electrons. The van der Waals surface area contributed by atoms with Crippen molar-refractivity contribution < 1.29 is 23.8 Å². The van der Waals surface area contributed by atoms with Crippen molar-refractivity contribution in [2.24, 2.45) is 0 Å². The van der Waals surface area contributed by atoms with Gasteiger partial charge in [-0.25, -0.2) is 0 Å². The molecular weight excluding hydrogens is 536 g/mol. The lowest BCUT2D eigenvalue weighted by Crippen LogP contribution is -2.45. The number of hydrogen-bond acceptors (Lipinski definition) is 6. The van der Waals surface area contributed by atoms with Gasteiger partial charge in [-0.2, -0.15) is 0 Å². The van der Waals surface area contributed by atoms with Gasteiger partial charge in [-0.15, -0.1) is 11.3 Å². The van der Waals surface area contributed by atoms with E-state index in [1.54, 1.807) is 21.1 Å². The lowest BCUT2D eigenvalue weighted by atomic mass is 10.0. The van der Waals surface area contributed by atoms with Crippen LogP contribution in [0.1, 0.15) is 33.6 Å². The van der Waals surface area contributed by atoms with E-state index < -0.39 is 0 Å². The molecule has 41 heavy (non-hydrogen) atoms. The molecule has 1 fully saturated rings. The van der Waals surface area contributed by atoms with Gasteiger partial charge in [0.05, 0.1) is 12.6 Å². The van der Waals surface area contributed by atoms with Crippen LogP contribution < -0.4 is 9.47 Å².